The van der Waals surface area contributed by atoms with Crippen molar-refractivity contribution in [2.75, 3.05) is 6.61 Å². The van der Waals surface area contributed by atoms with Gasteiger partial charge in [-0.05, 0) is 31.5 Å². The van der Waals surface area contributed by atoms with Crippen LogP contribution in [0.15, 0.2) is 48.5 Å². The minimum atomic E-state index is -0.649. The number of nitrogens with zero attached hydrogens (tertiary/aromatic N) is 1. The van der Waals surface area contributed by atoms with Crippen molar-refractivity contribution in [1.82, 2.24) is 10.3 Å². The van der Waals surface area contributed by atoms with Crippen LogP contribution in [0.1, 0.15) is 16.1 Å². The first-order valence-corrected chi connectivity index (χ1v) is 9.62. The molecule has 1 aliphatic heterocycles. The topological polar surface area (TPSA) is 60.5 Å². The molecule has 0 radical (unpaired) electrons. The average molecular weight is 380 g/mol. The highest BCUT2D eigenvalue weighted by molar-refractivity contribution is 7.15. The number of carbonyl (C=O) groups is 1. The van der Waals surface area contributed by atoms with Gasteiger partial charge in [0, 0.05) is 10.4 Å². The standard InChI is InChI=1S/C21H20N2O3S/c1-13-7-3-4-8-15(13)21-23-14(2)19(27-21)11-22-20(24)18-12-25-16-9-5-6-10-17(16)26-18/h3-10,18H,11-12H2,1-2H3,(H,22,24)/t18-/m0/s1. The first-order valence-electron chi connectivity index (χ1n) is 8.80. The molecule has 3 aromatic rings. The van der Waals surface area contributed by atoms with Crippen molar-refractivity contribution in [3.63, 3.8) is 0 Å². The number of hydrogen-bond acceptors (Lipinski definition) is 5. The number of hydrogen-bond donors (Lipinski definition) is 1. The number of para-hydroxylation sites is 2. The van der Waals surface area contributed by atoms with Crippen LogP contribution in [0, 0.1) is 13.8 Å². The van der Waals surface area contributed by atoms with Gasteiger partial charge in [-0.3, -0.25) is 4.79 Å². The van der Waals surface area contributed by atoms with Crippen LogP contribution in [0.2, 0.25) is 0 Å². The summed E-state index contributed by atoms with van der Waals surface area (Å²) in [5.41, 5.74) is 3.25. The third-order valence-electron chi connectivity index (χ3n) is 4.49. The van der Waals surface area contributed by atoms with Crippen molar-refractivity contribution in [2.24, 2.45) is 0 Å². The van der Waals surface area contributed by atoms with Gasteiger partial charge in [0.05, 0.1) is 12.2 Å². The summed E-state index contributed by atoms with van der Waals surface area (Å²) in [5, 5.41) is 3.92. The van der Waals surface area contributed by atoms with Crippen LogP contribution >= 0.6 is 11.3 Å². The van der Waals surface area contributed by atoms with Crippen LogP contribution in [0.5, 0.6) is 11.5 Å². The van der Waals surface area contributed by atoms with E-state index >= 15 is 0 Å². The number of rotatable bonds is 4. The second kappa shape index (κ2) is 7.40. The maximum Gasteiger partial charge on any atom is 0.264 e. The van der Waals surface area contributed by atoms with Crippen molar-refractivity contribution < 1.29 is 14.3 Å². The highest BCUT2D eigenvalue weighted by Gasteiger charge is 2.27. The smallest absolute Gasteiger partial charge is 0.264 e. The molecule has 1 amide bonds. The molecule has 2 heterocycles. The summed E-state index contributed by atoms with van der Waals surface area (Å²) in [6, 6.07) is 15.5. The van der Waals surface area contributed by atoms with Gasteiger partial charge in [-0.25, -0.2) is 4.98 Å². The molecule has 1 aliphatic rings. The lowest BCUT2D eigenvalue weighted by atomic mass is 10.1. The van der Waals surface area contributed by atoms with Crippen molar-refractivity contribution >= 4 is 17.2 Å². The monoisotopic (exact) mass is 380 g/mol. The Kier molecular flexibility index (Phi) is 4.81. The van der Waals surface area contributed by atoms with E-state index in [-0.39, 0.29) is 12.5 Å². The number of carbonyl (C=O) groups excluding carboxylic acids is 1. The third-order valence-corrected chi connectivity index (χ3v) is 5.68. The molecule has 0 fully saturated rings. The molecule has 27 heavy (non-hydrogen) atoms. The molecule has 0 unspecified atom stereocenters. The largest absolute Gasteiger partial charge is 0.485 e. The number of aryl methyl sites for hydroxylation is 2. The van der Waals surface area contributed by atoms with Gasteiger partial charge in [-0.2, -0.15) is 0 Å². The van der Waals surface area contributed by atoms with Gasteiger partial charge in [0.1, 0.15) is 11.6 Å². The fourth-order valence-electron chi connectivity index (χ4n) is 2.95. The normalized spacial score (nSPS) is 15.4. The fraction of sp³-hybridized carbons (Fsp3) is 0.238. The Morgan fingerprint density at radius 2 is 1.89 bits per heavy atom. The number of nitrogens with one attached hydrogen (secondary N) is 1. The van der Waals surface area contributed by atoms with E-state index in [4.69, 9.17) is 9.47 Å². The molecule has 0 saturated heterocycles. The van der Waals surface area contributed by atoms with Crippen LogP contribution in [0.4, 0.5) is 0 Å². The average Bonchev–Trinajstić information content (AvgIpc) is 3.06. The maximum atomic E-state index is 12.5. The van der Waals surface area contributed by atoms with E-state index in [1.54, 1.807) is 17.4 Å². The Hall–Kier alpha value is -2.86. The summed E-state index contributed by atoms with van der Waals surface area (Å²) < 4.78 is 11.4. The molecule has 138 valence electrons. The molecule has 1 N–H and O–H groups in total. The van der Waals surface area contributed by atoms with Crippen LogP contribution < -0.4 is 14.8 Å². The number of benzene rings is 2. The van der Waals surface area contributed by atoms with E-state index in [0.717, 1.165) is 21.1 Å². The van der Waals surface area contributed by atoms with E-state index in [1.165, 1.54) is 5.56 Å². The summed E-state index contributed by atoms with van der Waals surface area (Å²) in [7, 11) is 0. The van der Waals surface area contributed by atoms with Crippen LogP contribution in [0.3, 0.4) is 0 Å². The summed E-state index contributed by atoms with van der Waals surface area (Å²) in [5.74, 6) is 1.08. The van der Waals surface area contributed by atoms with Gasteiger partial charge in [-0.1, -0.05) is 36.4 Å². The van der Waals surface area contributed by atoms with E-state index in [1.807, 2.05) is 37.3 Å². The second-order valence-electron chi connectivity index (χ2n) is 6.42. The first-order chi connectivity index (χ1) is 13.1. The van der Waals surface area contributed by atoms with Gasteiger partial charge < -0.3 is 14.8 Å². The lowest BCUT2D eigenvalue weighted by Crippen LogP contribution is -2.43. The highest BCUT2D eigenvalue weighted by Crippen LogP contribution is 2.32. The summed E-state index contributed by atoms with van der Waals surface area (Å²) in [6.45, 7) is 4.68. The molecule has 0 bridgehead atoms. The van der Waals surface area contributed by atoms with Crippen molar-refractivity contribution in [3.8, 4) is 22.1 Å². The van der Waals surface area contributed by atoms with Gasteiger partial charge in [0.2, 0.25) is 6.10 Å². The number of aromatic nitrogens is 1. The SMILES string of the molecule is Cc1ccccc1-c1nc(C)c(CNC(=O)[C@@H]2COc3ccccc3O2)s1. The lowest BCUT2D eigenvalue weighted by Gasteiger charge is -2.25. The van der Waals surface area contributed by atoms with Crippen LogP contribution in [0.25, 0.3) is 10.6 Å². The second-order valence-corrected chi connectivity index (χ2v) is 7.51. The molecule has 0 saturated carbocycles. The zero-order chi connectivity index (χ0) is 18.8. The van der Waals surface area contributed by atoms with E-state index in [0.29, 0.717) is 18.0 Å². The molecule has 4 rings (SSSR count). The molecule has 2 aromatic carbocycles. The highest BCUT2D eigenvalue weighted by atomic mass is 32.1. The maximum absolute atomic E-state index is 12.5. The predicted molar refractivity (Wildman–Crippen MR) is 105 cm³/mol. The first kappa shape index (κ1) is 17.5. The Labute approximate surface area is 162 Å². The molecule has 0 spiro atoms. The Bertz CT molecular complexity index is 983. The summed E-state index contributed by atoms with van der Waals surface area (Å²) in [6.07, 6.45) is -0.649. The fourth-order valence-corrected chi connectivity index (χ4v) is 4.04. The molecule has 0 aliphatic carbocycles. The predicted octanol–water partition coefficient (Wildman–Crippen LogP) is 3.88. The zero-order valence-corrected chi connectivity index (χ0v) is 16.0. The molecular weight excluding hydrogens is 360 g/mol. The van der Waals surface area contributed by atoms with Crippen molar-refractivity contribution in [3.05, 3.63) is 64.7 Å². The van der Waals surface area contributed by atoms with Crippen LogP contribution in [-0.4, -0.2) is 23.6 Å². The van der Waals surface area contributed by atoms with Gasteiger partial charge in [0.25, 0.3) is 5.91 Å². The third kappa shape index (κ3) is 3.66. The number of ether oxygens (including phenoxy) is 2. The molecule has 6 heteroatoms. The number of fused-ring (bicyclic) bond motifs is 1. The molecule has 5 nitrogen and oxygen atoms in total. The minimum absolute atomic E-state index is 0.185. The van der Waals surface area contributed by atoms with Crippen molar-refractivity contribution in [2.45, 2.75) is 26.5 Å². The van der Waals surface area contributed by atoms with Crippen molar-refractivity contribution in [1.29, 1.82) is 0 Å². The van der Waals surface area contributed by atoms with Gasteiger partial charge in [-0.15, -0.1) is 11.3 Å². The molecule has 1 aromatic heterocycles. The van der Waals surface area contributed by atoms with E-state index in [9.17, 15) is 4.79 Å². The zero-order valence-electron chi connectivity index (χ0n) is 15.2. The summed E-state index contributed by atoms with van der Waals surface area (Å²) >= 11 is 1.61. The van der Waals surface area contributed by atoms with Gasteiger partial charge >= 0.3 is 0 Å². The minimum Gasteiger partial charge on any atom is -0.485 e. The number of amides is 1. The molecule has 1 atom stereocenters. The Morgan fingerprint density at radius 3 is 2.70 bits per heavy atom. The van der Waals surface area contributed by atoms with Gasteiger partial charge in [0.15, 0.2) is 11.5 Å². The van der Waals surface area contributed by atoms with E-state index < -0.39 is 6.10 Å². The molecular formula is C21H20N2O3S. The van der Waals surface area contributed by atoms with E-state index in [2.05, 4.69) is 29.4 Å². The quantitative estimate of drug-likeness (QED) is 0.746. The van der Waals surface area contributed by atoms with Crippen LogP contribution in [-0.2, 0) is 11.3 Å². The summed E-state index contributed by atoms with van der Waals surface area (Å²) in [4.78, 5) is 18.2. The number of thiazole rings is 1. The Balaban J connectivity index is 1.42. The lowest BCUT2D eigenvalue weighted by molar-refractivity contribution is -0.130. The Morgan fingerprint density at radius 1 is 1.15 bits per heavy atom.